The average Bonchev–Trinajstić information content (AvgIpc) is 3.48. The summed E-state index contributed by atoms with van der Waals surface area (Å²) in [6.45, 7) is 4.56. The zero-order chi connectivity index (χ0) is 20.5. The van der Waals surface area contributed by atoms with Crippen molar-refractivity contribution in [2.24, 2.45) is 5.92 Å². The summed E-state index contributed by atoms with van der Waals surface area (Å²) >= 11 is 5.94. The van der Waals surface area contributed by atoms with Crippen LogP contribution in [0.3, 0.4) is 0 Å². The van der Waals surface area contributed by atoms with E-state index in [1.54, 1.807) is 21.9 Å². The van der Waals surface area contributed by atoms with E-state index in [0.717, 1.165) is 0 Å². The number of anilines is 2. The van der Waals surface area contributed by atoms with Gasteiger partial charge in [0.05, 0.1) is 6.04 Å². The number of halogens is 1. The lowest BCUT2D eigenvalue weighted by atomic mass is 10.0. The van der Waals surface area contributed by atoms with E-state index in [1.165, 1.54) is 24.6 Å². The summed E-state index contributed by atoms with van der Waals surface area (Å²) in [5.74, 6) is 1.51. The molecule has 1 aliphatic carbocycles. The zero-order valence-corrected chi connectivity index (χ0v) is 17.3. The van der Waals surface area contributed by atoms with Crippen LogP contribution in [0.15, 0.2) is 36.7 Å². The first kappa shape index (κ1) is 19.6. The summed E-state index contributed by atoms with van der Waals surface area (Å²) in [7, 11) is 0. The molecule has 0 radical (unpaired) electrons. The molecular weight excluding hydrogens is 390 g/mol. The third-order valence-electron chi connectivity index (χ3n) is 5.42. The quantitative estimate of drug-likeness (QED) is 0.778. The monoisotopic (exact) mass is 413 g/mol. The first-order chi connectivity index (χ1) is 13.9. The van der Waals surface area contributed by atoms with Crippen molar-refractivity contribution in [1.82, 2.24) is 14.9 Å². The Morgan fingerprint density at radius 3 is 2.69 bits per heavy atom. The molecule has 0 spiro atoms. The third kappa shape index (κ3) is 4.34. The molecule has 1 atom stereocenters. The topological polar surface area (TPSA) is 78.4 Å². The highest BCUT2D eigenvalue weighted by molar-refractivity contribution is 6.30. The highest BCUT2D eigenvalue weighted by Gasteiger charge is 2.41. The lowest BCUT2D eigenvalue weighted by molar-refractivity contribution is -0.117. The van der Waals surface area contributed by atoms with Crippen LogP contribution < -0.4 is 10.2 Å². The van der Waals surface area contributed by atoms with Crippen LogP contribution in [0, 0.1) is 5.92 Å². The molecule has 2 aliphatic rings. The second-order valence-electron chi connectivity index (χ2n) is 7.96. The van der Waals surface area contributed by atoms with E-state index in [0.29, 0.717) is 29.1 Å². The molecule has 29 heavy (non-hydrogen) atoms. The van der Waals surface area contributed by atoms with E-state index in [2.05, 4.69) is 35.2 Å². The molecule has 2 aromatic rings. The molecule has 0 bridgehead atoms. The van der Waals surface area contributed by atoms with Gasteiger partial charge in [-0.15, -0.1) is 0 Å². The van der Waals surface area contributed by atoms with Crippen LogP contribution in [-0.4, -0.2) is 45.9 Å². The van der Waals surface area contributed by atoms with Gasteiger partial charge in [0.2, 0.25) is 5.91 Å². The van der Waals surface area contributed by atoms with Crippen molar-refractivity contribution in [3.63, 3.8) is 0 Å². The third-order valence-corrected chi connectivity index (χ3v) is 5.65. The van der Waals surface area contributed by atoms with Crippen molar-refractivity contribution >= 4 is 35.2 Å². The van der Waals surface area contributed by atoms with Crippen LogP contribution >= 0.6 is 11.6 Å². The van der Waals surface area contributed by atoms with Gasteiger partial charge >= 0.3 is 6.03 Å². The van der Waals surface area contributed by atoms with Gasteiger partial charge < -0.3 is 10.2 Å². The maximum atomic E-state index is 13.1. The molecule has 1 saturated heterocycles. The van der Waals surface area contributed by atoms with Crippen molar-refractivity contribution < 1.29 is 9.59 Å². The molecule has 152 valence electrons. The van der Waals surface area contributed by atoms with Crippen molar-refractivity contribution in [3.05, 3.63) is 47.2 Å². The smallest absolute Gasteiger partial charge is 0.310 e. The summed E-state index contributed by atoms with van der Waals surface area (Å²) in [4.78, 5) is 37.5. The van der Waals surface area contributed by atoms with Crippen molar-refractivity contribution in [2.75, 3.05) is 23.3 Å². The van der Waals surface area contributed by atoms with Crippen molar-refractivity contribution in [3.8, 4) is 0 Å². The maximum absolute atomic E-state index is 13.1. The van der Waals surface area contributed by atoms with Gasteiger partial charge in [-0.05, 0) is 48.4 Å². The molecule has 3 heterocycles. The number of rotatable bonds is 6. The number of carbonyl (C=O) groups excluding carboxylic acids is 2. The SMILES string of the molecule is CC(C)[C@H]1CN(c2ccc(C3CC3)cn2)C(=O)N1CC(=O)Nc1cc(Cl)ccn1. The lowest BCUT2D eigenvalue weighted by Crippen LogP contribution is -2.42. The van der Waals surface area contributed by atoms with Gasteiger partial charge in [-0.2, -0.15) is 0 Å². The summed E-state index contributed by atoms with van der Waals surface area (Å²) in [5, 5.41) is 3.19. The second kappa shape index (κ2) is 7.99. The molecule has 1 aliphatic heterocycles. The minimum Gasteiger partial charge on any atom is -0.310 e. The Labute approximate surface area is 175 Å². The summed E-state index contributed by atoms with van der Waals surface area (Å²) < 4.78 is 0. The number of urea groups is 1. The Bertz CT molecular complexity index is 914. The Morgan fingerprint density at radius 2 is 2.07 bits per heavy atom. The van der Waals surface area contributed by atoms with Gasteiger partial charge in [0.25, 0.3) is 0 Å². The van der Waals surface area contributed by atoms with E-state index in [1.807, 2.05) is 12.3 Å². The van der Waals surface area contributed by atoms with E-state index >= 15 is 0 Å². The van der Waals surface area contributed by atoms with Crippen LogP contribution in [0.25, 0.3) is 0 Å². The summed E-state index contributed by atoms with van der Waals surface area (Å²) in [6, 6.07) is 6.88. The largest absolute Gasteiger partial charge is 0.326 e. The minimum atomic E-state index is -0.308. The lowest BCUT2D eigenvalue weighted by Gasteiger charge is -2.25. The zero-order valence-electron chi connectivity index (χ0n) is 16.5. The Kier molecular flexibility index (Phi) is 5.41. The van der Waals surface area contributed by atoms with Gasteiger partial charge in [0, 0.05) is 24.0 Å². The first-order valence-electron chi connectivity index (χ1n) is 9.88. The molecule has 2 fully saturated rings. The number of amides is 3. The van der Waals surface area contributed by atoms with Crippen LogP contribution in [0.4, 0.5) is 16.4 Å². The van der Waals surface area contributed by atoms with Crippen LogP contribution in [0.2, 0.25) is 5.02 Å². The molecule has 0 unspecified atom stereocenters. The highest BCUT2D eigenvalue weighted by Crippen LogP contribution is 2.40. The Balaban J connectivity index is 1.47. The van der Waals surface area contributed by atoms with Crippen LogP contribution in [0.5, 0.6) is 0 Å². The van der Waals surface area contributed by atoms with Gasteiger partial charge in [-0.3, -0.25) is 9.69 Å². The molecule has 8 heteroatoms. The summed E-state index contributed by atoms with van der Waals surface area (Å²) in [5.41, 5.74) is 1.23. The molecule has 0 aromatic carbocycles. The molecule has 3 amide bonds. The summed E-state index contributed by atoms with van der Waals surface area (Å²) in [6.07, 6.45) is 5.81. The Hall–Kier alpha value is -2.67. The van der Waals surface area contributed by atoms with Crippen LogP contribution in [-0.2, 0) is 4.79 Å². The van der Waals surface area contributed by atoms with E-state index in [-0.39, 0.29) is 30.4 Å². The molecule has 7 nitrogen and oxygen atoms in total. The normalized spacial score (nSPS) is 19.2. The fraction of sp³-hybridized carbons (Fsp3) is 0.429. The number of hydrogen-bond donors (Lipinski definition) is 1. The minimum absolute atomic E-state index is 0.0491. The molecular formula is C21H24ClN5O2. The predicted molar refractivity (Wildman–Crippen MR) is 112 cm³/mol. The van der Waals surface area contributed by atoms with E-state index < -0.39 is 0 Å². The second-order valence-corrected chi connectivity index (χ2v) is 8.40. The maximum Gasteiger partial charge on any atom is 0.326 e. The average molecular weight is 414 g/mol. The van der Waals surface area contributed by atoms with Gasteiger partial charge in [0.1, 0.15) is 18.2 Å². The van der Waals surface area contributed by atoms with Gasteiger partial charge in [0.15, 0.2) is 0 Å². The van der Waals surface area contributed by atoms with Gasteiger partial charge in [-0.25, -0.2) is 14.8 Å². The molecule has 4 rings (SSSR count). The molecule has 1 N–H and O–H groups in total. The number of nitrogens with one attached hydrogen (secondary N) is 1. The Morgan fingerprint density at radius 1 is 1.28 bits per heavy atom. The predicted octanol–water partition coefficient (Wildman–Crippen LogP) is 3.91. The number of nitrogens with zero attached hydrogens (tertiary/aromatic N) is 4. The van der Waals surface area contributed by atoms with E-state index in [9.17, 15) is 9.59 Å². The van der Waals surface area contributed by atoms with Crippen molar-refractivity contribution in [2.45, 2.75) is 38.6 Å². The number of carbonyl (C=O) groups is 2. The number of aromatic nitrogens is 2. The highest BCUT2D eigenvalue weighted by atomic mass is 35.5. The van der Waals surface area contributed by atoms with Gasteiger partial charge in [-0.1, -0.05) is 31.5 Å². The first-order valence-corrected chi connectivity index (χ1v) is 10.3. The number of pyridine rings is 2. The van der Waals surface area contributed by atoms with Crippen LogP contribution in [0.1, 0.15) is 38.2 Å². The standard InChI is InChI=1S/C21H24ClN5O2/c1-13(2)17-11-27(19-6-5-15(10-24-19)14-3-4-14)21(29)26(17)12-20(28)25-18-9-16(22)7-8-23-18/h5-10,13-14,17H,3-4,11-12H2,1-2H3,(H,23,25,28)/t17-/m1/s1. The fourth-order valence-electron chi connectivity index (χ4n) is 3.63. The van der Waals surface area contributed by atoms with E-state index in [4.69, 9.17) is 11.6 Å². The van der Waals surface area contributed by atoms with Crippen molar-refractivity contribution in [1.29, 1.82) is 0 Å². The fourth-order valence-corrected chi connectivity index (χ4v) is 3.79. The molecule has 1 saturated carbocycles. The molecule has 2 aromatic heterocycles. The number of hydrogen-bond acceptors (Lipinski definition) is 4.